The number of hydrogen-bond donors (Lipinski definition) is 1. The number of benzene rings is 1. The first kappa shape index (κ1) is 13.2. The maximum absolute atomic E-state index is 12.3. The Morgan fingerprint density at radius 1 is 1.11 bits per heavy atom. The topological polar surface area (TPSA) is 79.6 Å². The van der Waals surface area contributed by atoms with E-state index in [1.165, 1.54) is 18.2 Å². The minimum absolute atomic E-state index is 0.0612. The first-order valence-electron chi connectivity index (χ1n) is 5.52. The minimum atomic E-state index is -3.88. The Bertz CT molecular complexity index is 710. The predicted octanol–water partition coefficient (Wildman–Crippen LogP) is 2.00. The minimum Gasteiger partial charge on any atom is -0.410 e. The number of pyridine rings is 1. The first-order valence-corrected chi connectivity index (χ1v) is 7.00. The third kappa shape index (κ3) is 2.63. The van der Waals surface area contributed by atoms with Crippen molar-refractivity contribution >= 4 is 14.9 Å². The predicted molar refractivity (Wildman–Crippen MR) is 70.9 cm³/mol. The fraction of sp³-hybridized carbons (Fsp3) is 0.0769. The largest absolute Gasteiger partial charge is 0.410 e. The summed E-state index contributed by atoms with van der Waals surface area (Å²) in [6.07, 6.45) is 0. The average molecular weight is 276 g/mol. The second kappa shape index (κ2) is 5.19. The Morgan fingerprint density at radius 3 is 2.37 bits per heavy atom. The summed E-state index contributed by atoms with van der Waals surface area (Å²) >= 11 is 0. The Kier molecular flexibility index (Phi) is 3.62. The van der Waals surface area contributed by atoms with Crippen LogP contribution in [0.2, 0.25) is 0 Å². The van der Waals surface area contributed by atoms with Gasteiger partial charge in [-0.2, -0.15) is 0 Å². The van der Waals surface area contributed by atoms with E-state index in [4.69, 9.17) is 5.21 Å². The van der Waals surface area contributed by atoms with Crippen molar-refractivity contribution in [1.82, 2.24) is 4.98 Å². The van der Waals surface area contributed by atoms with Crippen molar-refractivity contribution < 1.29 is 13.6 Å². The van der Waals surface area contributed by atoms with Crippen molar-refractivity contribution in [2.24, 2.45) is 5.16 Å². The average Bonchev–Trinajstić information content (AvgIpc) is 2.40. The third-order valence-electron chi connectivity index (χ3n) is 2.51. The molecule has 0 amide bonds. The number of nitrogens with zero attached hydrogens (tertiary/aromatic N) is 2. The maximum Gasteiger partial charge on any atom is 0.229 e. The molecule has 2 aromatic rings. The van der Waals surface area contributed by atoms with Crippen LogP contribution < -0.4 is 0 Å². The SMILES string of the molecule is Cc1cccc(C(=NO)S(=O)(=O)c2ccccc2)n1. The van der Waals surface area contributed by atoms with E-state index < -0.39 is 14.9 Å². The van der Waals surface area contributed by atoms with Crippen LogP contribution in [0, 0.1) is 6.92 Å². The van der Waals surface area contributed by atoms with Gasteiger partial charge in [0.05, 0.1) is 4.90 Å². The van der Waals surface area contributed by atoms with Crippen LogP contribution >= 0.6 is 0 Å². The van der Waals surface area contributed by atoms with E-state index in [-0.39, 0.29) is 10.6 Å². The van der Waals surface area contributed by atoms with Gasteiger partial charge >= 0.3 is 0 Å². The van der Waals surface area contributed by atoms with Gasteiger partial charge in [0.1, 0.15) is 5.69 Å². The van der Waals surface area contributed by atoms with Gasteiger partial charge in [0, 0.05) is 5.69 Å². The highest BCUT2D eigenvalue weighted by Crippen LogP contribution is 2.16. The van der Waals surface area contributed by atoms with Crippen LogP contribution in [0.1, 0.15) is 11.4 Å². The molecular formula is C13H12N2O3S. The molecular weight excluding hydrogens is 264 g/mol. The van der Waals surface area contributed by atoms with Crippen LogP contribution in [0.4, 0.5) is 0 Å². The van der Waals surface area contributed by atoms with Crippen molar-refractivity contribution in [1.29, 1.82) is 0 Å². The Morgan fingerprint density at radius 2 is 1.79 bits per heavy atom. The molecule has 0 spiro atoms. The molecule has 0 saturated heterocycles. The third-order valence-corrected chi connectivity index (χ3v) is 4.20. The highest BCUT2D eigenvalue weighted by molar-refractivity contribution is 8.07. The normalized spacial score (nSPS) is 12.4. The summed E-state index contributed by atoms with van der Waals surface area (Å²) in [6, 6.07) is 12.7. The zero-order chi connectivity index (χ0) is 13.9. The summed E-state index contributed by atoms with van der Waals surface area (Å²) in [4.78, 5) is 4.13. The highest BCUT2D eigenvalue weighted by Gasteiger charge is 2.25. The summed E-state index contributed by atoms with van der Waals surface area (Å²) in [7, 11) is -3.88. The zero-order valence-electron chi connectivity index (χ0n) is 10.2. The van der Waals surface area contributed by atoms with E-state index in [0.29, 0.717) is 5.69 Å². The smallest absolute Gasteiger partial charge is 0.229 e. The van der Waals surface area contributed by atoms with Gasteiger partial charge in [0.2, 0.25) is 14.9 Å². The van der Waals surface area contributed by atoms with Crippen molar-refractivity contribution in [2.45, 2.75) is 11.8 Å². The molecule has 5 nitrogen and oxygen atoms in total. The van der Waals surface area contributed by atoms with Crippen LogP contribution in [0.3, 0.4) is 0 Å². The molecule has 1 aromatic heterocycles. The molecule has 0 bridgehead atoms. The lowest BCUT2D eigenvalue weighted by atomic mass is 10.3. The van der Waals surface area contributed by atoms with Gasteiger partial charge in [0.25, 0.3) is 0 Å². The summed E-state index contributed by atoms with van der Waals surface area (Å²) in [5.74, 6) is 0. The molecule has 2 rings (SSSR count). The van der Waals surface area contributed by atoms with Crippen LogP contribution in [0.15, 0.2) is 58.6 Å². The van der Waals surface area contributed by atoms with Gasteiger partial charge in [-0.1, -0.05) is 29.4 Å². The Labute approximate surface area is 111 Å². The maximum atomic E-state index is 12.3. The summed E-state index contributed by atoms with van der Waals surface area (Å²) in [5, 5.41) is 11.5. The molecule has 0 radical (unpaired) electrons. The van der Waals surface area contributed by atoms with E-state index in [9.17, 15) is 8.42 Å². The lowest BCUT2D eigenvalue weighted by Gasteiger charge is -2.06. The molecule has 0 atom stereocenters. The van der Waals surface area contributed by atoms with Gasteiger partial charge < -0.3 is 5.21 Å². The van der Waals surface area contributed by atoms with Crippen molar-refractivity contribution in [3.05, 3.63) is 59.9 Å². The van der Waals surface area contributed by atoms with Crippen LogP contribution in [0.5, 0.6) is 0 Å². The number of sulfone groups is 1. The highest BCUT2D eigenvalue weighted by atomic mass is 32.2. The molecule has 0 aliphatic rings. The van der Waals surface area contributed by atoms with E-state index in [1.54, 1.807) is 37.3 Å². The van der Waals surface area contributed by atoms with Gasteiger partial charge in [-0.3, -0.25) is 4.98 Å². The van der Waals surface area contributed by atoms with Gasteiger partial charge in [-0.15, -0.1) is 0 Å². The van der Waals surface area contributed by atoms with E-state index in [0.717, 1.165) is 0 Å². The summed E-state index contributed by atoms with van der Waals surface area (Å²) in [6.45, 7) is 1.73. The number of rotatable bonds is 2. The zero-order valence-corrected chi connectivity index (χ0v) is 11.0. The van der Waals surface area contributed by atoms with Gasteiger partial charge in [-0.05, 0) is 31.2 Å². The van der Waals surface area contributed by atoms with Gasteiger partial charge in [0.15, 0.2) is 0 Å². The molecule has 1 aromatic carbocycles. The van der Waals surface area contributed by atoms with Crippen molar-refractivity contribution in [3.63, 3.8) is 0 Å². The lowest BCUT2D eigenvalue weighted by Crippen LogP contribution is -2.18. The van der Waals surface area contributed by atoms with E-state index >= 15 is 0 Å². The van der Waals surface area contributed by atoms with Crippen molar-refractivity contribution in [3.8, 4) is 0 Å². The lowest BCUT2D eigenvalue weighted by molar-refractivity contribution is 0.320. The molecule has 0 aliphatic carbocycles. The van der Waals surface area contributed by atoms with Crippen LogP contribution in [-0.4, -0.2) is 23.7 Å². The monoisotopic (exact) mass is 276 g/mol. The molecule has 0 unspecified atom stereocenters. The van der Waals surface area contributed by atoms with Crippen LogP contribution in [-0.2, 0) is 9.84 Å². The Balaban J connectivity index is 2.56. The van der Waals surface area contributed by atoms with Crippen LogP contribution in [0.25, 0.3) is 0 Å². The number of aryl methyl sites for hydroxylation is 1. The molecule has 98 valence electrons. The van der Waals surface area contributed by atoms with Gasteiger partial charge in [-0.25, -0.2) is 8.42 Å². The Hall–Kier alpha value is -2.21. The van der Waals surface area contributed by atoms with E-state index in [1.807, 2.05) is 0 Å². The fourth-order valence-corrected chi connectivity index (χ4v) is 2.85. The number of oxime groups is 1. The summed E-state index contributed by atoms with van der Waals surface area (Å²) < 4.78 is 24.7. The van der Waals surface area contributed by atoms with Crippen molar-refractivity contribution in [2.75, 3.05) is 0 Å². The standard InChI is InChI=1S/C13H12N2O3S/c1-10-6-5-9-12(14-10)13(15-16)19(17,18)11-7-3-2-4-8-11/h2-9,16H,1H3. The molecule has 6 heteroatoms. The summed E-state index contributed by atoms with van der Waals surface area (Å²) in [5.41, 5.74) is 0.758. The molecule has 0 saturated carbocycles. The molecule has 1 N–H and O–H groups in total. The quantitative estimate of drug-likeness (QED) is 0.394. The second-order valence-corrected chi connectivity index (χ2v) is 5.75. The number of aromatic nitrogens is 1. The number of hydrogen-bond acceptors (Lipinski definition) is 5. The molecule has 0 fully saturated rings. The second-order valence-electron chi connectivity index (χ2n) is 3.89. The fourth-order valence-electron chi connectivity index (χ4n) is 1.62. The molecule has 19 heavy (non-hydrogen) atoms. The first-order chi connectivity index (χ1) is 9.05. The molecule has 1 heterocycles. The van der Waals surface area contributed by atoms with E-state index in [2.05, 4.69) is 10.1 Å². The molecule has 0 aliphatic heterocycles.